The zero-order chi connectivity index (χ0) is 12.1. The average Bonchev–Trinajstić information content (AvgIpc) is 2.15. The zero-order valence-corrected chi connectivity index (χ0v) is 10.4. The highest BCUT2D eigenvalue weighted by Gasteiger charge is 2.08. The van der Waals surface area contributed by atoms with E-state index in [1.807, 2.05) is 0 Å². The van der Waals surface area contributed by atoms with Crippen LogP contribution in [0.3, 0.4) is 0 Å². The van der Waals surface area contributed by atoms with Gasteiger partial charge in [-0.05, 0) is 18.2 Å². The number of carbonyl (C=O) groups excluding carboxylic acids is 1. The second kappa shape index (κ2) is 5.94. The normalized spacial score (nSPS) is 10.3. The highest BCUT2D eigenvalue weighted by atomic mass is 35.5. The van der Waals surface area contributed by atoms with E-state index < -0.39 is 5.97 Å². The summed E-state index contributed by atoms with van der Waals surface area (Å²) < 4.78 is 5.16. The van der Waals surface area contributed by atoms with Crippen LogP contribution in [0.2, 0.25) is 10.0 Å². The van der Waals surface area contributed by atoms with Gasteiger partial charge in [0.25, 0.3) is 0 Å². The van der Waals surface area contributed by atoms with E-state index in [4.69, 9.17) is 32.8 Å². The molecule has 0 radical (unpaired) electrons. The Morgan fingerprint density at radius 2 is 2.06 bits per heavy atom. The SMILES string of the molecule is CN(C)OC(=O)COc1ccc(Cl)cc1Cl. The van der Waals surface area contributed by atoms with Crippen LogP contribution in [0.1, 0.15) is 0 Å². The Morgan fingerprint density at radius 1 is 1.38 bits per heavy atom. The Kier molecular flexibility index (Phi) is 4.86. The maximum absolute atomic E-state index is 11.1. The first-order valence-corrected chi connectivity index (χ1v) is 5.20. The number of rotatable bonds is 4. The summed E-state index contributed by atoms with van der Waals surface area (Å²) in [6.45, 7) is -0.209. The van der Waals surface area contributed by atoms with E-state index in [9.17, 15) is 4.79 Å². The van der Waals surface area contributed by atoms with Gasteiger partial charge < -0.3 is 9.57 Å². The molecule has 0 N–H and O–H groups in total. The van der Waals surface area contributed by atoms with Gasteiger partial charge in [-0.2, -0.15) is 0 Å². The van der Waals surface area contributed by atoms with Gasteiger partial charge in [-0.3, -0.25) is 0 Å². The molecule has 0 saturated heterocycles. The van der Waals surface area contributed by atoms with Crippen molar-refractivity contribution in [2.75, 3.05) is 20.7 Å². The Labute approximate surface area is 104 Å². The molecule has 4 nitrogen and oxygen atoms in total. The number of nitrogens with zero attached hydrogens (tertiary/aromatic N) is 1. The smallest absolute Gasteiger partial charge is 0.362 e. The maximum atomic E-state index is 11.1. The van der Waals surface area contributed by atoms with Crippen LogP contribution < -0.4 is 4.74 Å². The lowest BCUT2D eigenvalue weighted by Crippen LogP contribution is -2.23. The van der Waals surface area contributed by atoms with Crippen molar-refractivity contribution in [2.45, 2.75) is 0 Å². The van der Waals surface area contributed by atoms with Crippen molar-refractivity contribution in [1.29, 1.82) is 0 Å². The number of hydrogen-bond acceptors (Lipinski definition) is 4. The van der Waals surface area contributed by atoms with E-state index in [2.05, 4.69) is 0 Å². The molecule has 0 bridgehead atoms. The molecule has 1 rings (SSSR count). The summed E-state index contributed by atoms with van der Waals surface area (Å²) in [4.78, 5) is 15.9. The molecule has 0 aliphatic rings. The third kappa shape index (κ3) is 4.26. The summed E-state index contributed by atoms with van der Waals surface area (Å²) in [5.41, 5.74) is 0. The number of carbonyl (C=O) groups is 1. The second-order valence-corrected chi connectivity index (χ2v) is 3.98. The average molecular weight is 264 g/mol. The van der Waals surface area contributed by atoms with Gasteiger partial charge >= 0.3 is 5.97 Å². The van der Waals surface area contributed by atoms with Crippen molar-refractivity contribution in [3.8, 4) is 5.75 Å². The van der Waals surface area contributed by atoms with E-state index in [-0.39, 0.29) is 6.61 Å². The van der Waals surface area contributed by atoms with Crippen molar-refractivity contribution in [3.05, 3.63) is 28.2 Å². The molecule has 0 atom stereocenters. The Morgan fingerprint density at radius 3 is 2.62 bits per heavy atom. The van der Waals surface area contributed by atoms with Gasteiger partial charge in [-0.25, -0.2) is 4.79 Å². The van der Waals surface area contributed by atoms with Crippen LogP contribution >= 0.6 is 23.2 Å². The number of hydrogen-bond donors (Lipinski definition) is 0. The van der Waals surface area contributed by atoms with E-state index in [0.29, 0.717) is 15.8 Å². The Balaban J connectivity index is 2.51. The number of ether oxygens (including phenoxy) is 1. The summed E-state index contributed by atoms with van der Waals surface area (Å²) in [6, 6.07) is 4.75. The summed E-state index contributed by atoms with van der Waals surface area (Å²) in [5.74, 6) is -0.113. The predicted octanol–water partition coefficient (Wildman–Crippen LogP) is 2.39. The van der Waals surface area contributed by atoms with Gasteiger partial charge in [0, 0.05) is 19.1 Å². The van der Waals surface area contributed by atoms with Crippen molar-refractivity contribution < 1.29 is 14.4 Å². The van der Waals surface area contributed by atoms with E-state index in [1.54, 1.807) is 26.2 Å². The molecule has 1 aromatic rings. The van der Waals surface area contributed by atoms with E-state index in [0.717, 1.165) is 0 Å². The lowest BCUT2D eigenvalue weighted by Gasteiger charge is -2.11. The molecule has 0 unspecified atom stereocenters. The minimum absolute atomic E-state index is 0.209. The fraction of sp³-hybridized carbons (Fsp3) is 0.300. The fourth-order valence-corrected chi connectivity index (χ4v) is 1.42. The summed E-state index contributed by atoms with van der Waals surface area (Å²) in [5, 5.41) is 2.15. The van der Waals surface area contributed by atoms with Gasteiger partial charge in [0.05, 0.1) is 5.02 Å². The standard InChI is InChI=1S/C10H11Cl2NO3/c1-13(2)16-10(14)6-15-9-4-3-7(11)5-8(9)12/h3-5H,6H2,1-2H3. The van der Waals surface area contributed by atoms with Crippen molar-refractivity contribution in [2.24, 2.45) is 0 Å². The molecule has 0 aromatic heterocycles. The molecule has 88 valence electrons. The van der Waals surface area contributed by atoms with Gasteiger partial charge in [0.15, 0.2) is 6.61 Å². The first-order valence-electron chi connectivity index (χ1n) is 4.45. The second-order valence-electron chi connectivity index (χ2n) is 3.14. The molecule has 0 fully saturated rings. The topological polar surface area (TPSA) is 38.8 Å². The minimum Gasteiger partial charge on any atom is -0.480 e. The largest absolute Gasteiger partial charge is 0.480 e. The first-order chi connectivity index (χ1) is 7.49. The van der Waals surface area contributed by atoms with Gasteiger partial charge in [-0.1, -0.05) is 23.2 Å². The molecule has 0 spiro atoms. The highest BCUT2D eigenvalue weighted by molar-refractivity contribution is 6.35. The molecule has 0 amide bonds. The lowest BCUT2D eigenvalue weighted by atomic mass is 10.3. The molecule has 16 heavy (non-hydrogen) atoms. The van der Waals surface area contributed by atoms with Crippen LogP contribution in [0.5, 0.6) is 5.75 Å². The number of hydroxylamine groups is 2. The third-order valence-corrected chi connectivity index (χ3v) is 2.05. The number of benzene rings is 1. The minimum atomic E-state index is -0.504. The summed E-state index contributed by atoms with van der Waals surface area (Å²) in [6.07, 6.45) is 0. The van der Waals surface area contributed by atoms with Crippen LogP contribution in [0, 0.1) is 0 Å². The van der Waals surface area contributed by atoms with Crippen LogP contribution in [0.25, 0.3) is 0 Å². The van der Waals surface area contributed by atoms with Crippen LogP contribution in [0.15, 0.2) is 18.2 Å². The third-order valence-electron chi connectivity index (χ3n) is 1.52. The maximum Gasteiger partial charge on any atom is 0.362 e. The monoisotopic (exact) mass is 263 g/mol. The molecule has 6 heteroatoms. The zero-order valence-electron chi connectivity index (χ0n) is 8.87. The molecule has 0 aliphatic heterocycles. The van der Waals surface area contributed by atoms with Crippen molar-refractivity contribution in [3.63, 3.8) is 0 Å². The Bertz CT molecular complexity index is 382. The summed E-state index contributed by atoms with van der Waals surface area (Å²) in [7, 11) is 3.21. The molecule has 1 aromatic carbocycles. The molecular weight excluding hydrogens is 253 g/mol. The van der Waals surface area contributed by atoms with Crippen LogP contribution in [-0.2, 0) is 9.63 Å². The van der Waals surface area contributed by atoms with Crippen molar-refractivity contribution >= 4 is 29.2 Å². The number of halogens is 2. The highest BCUT2D eigenvalue weighted by Crippen LogP contribution is 2.27. The Hall–Kier alpha value is -0.970. The van der Waals surface area contributed by atoms with Crippen LogP contribution in [-0.4, -0.2) is 31.7 Å². The molecule has 0 aliphatic carbocycles. The molecule has 0 heterocycles. The summed E-state index contributed by atoms with van der Waals surface area (Å²) >= 11 is 11.6. The van der Waals surface area contributed by atoms with E-state index in [1.165, 1.54) is 11.1 Å². The fourth-order valence-electron chi connectivity index (χ4n) is 0.959. The van der Waals surface area contributed by atoms with Gasteiger partial charge in [0.1, 0.15) is 5.75 Å². The van der Waals surface area contributed by atoms with Crippen molar-refractivity contribution in [1.82, 2.24) is 5.06 Å². The lowest BCUT2D eigenvalue weighted by molar-refractivity contribution is -0.180. The quantitative estimate of drug-likeness (QED) is 0.783. The van der Waals surface area contributed by atoms with Gasteiger partial charge in [-0.15, -0.1) is 5.06 Å². The predicted molar refractivity (Wildman–Crippen MR) is 61.7 cm³/mol. The first kappa shape index (κ1) is 13.1. The van der Waals surface area contributed by atoms with E-state index >= 15 is 0 Å². The molecular formula is C10H11Cl2NO3. The molecule has 0 saturated carbocycles. The van der Waals surface area contributed by atoms with Crippen LogP contribution in [0.4, 0.5) is 0 Å². The van der Waals surface area contributed by atoms with Gasteiger partial charge in [0.2, 0.25) is 0 Å².